The van der Waals surface area contributed by atoms with Gasteiger partial charge >= 0.3 is 5.97 Å². The third-order valence-corrected chi connectivity index (χ3v) is 5.58. The largest absolute Gasteiger partial charge is 0.496 e. The lowest BCUT2D eigenvalue weighted by Gasteiger charge is -2.23. The third kappa shape index (κ3) is 3.08. The van der Waals surface area contributed by atoms with Gasteiger partial charge in [-0.3, -0.25) is 0 Å². The van der Waals surface area contributed by atoms with Crippen LogP contribution in [0.5, 0.6) is 5.75 Å². The minimum atomic E-state index is -3.72. The summed E-state index contributed by atoms with van der Waals surface area (Å²) in [6, 6.07) is 3.92. The fourth-order valence-corrected chi connectivity index (χ4v) is 3.69. The first-order chi connectivity index (χ1) is 10.4. The van der Waals surface area contributed by atoms with Crippen LogP contribution in [0, 0.1) is 0 Å². The smallest absolute Gasteiger partial charge is 0.341 e. The molecule has 0 N–H and O–H groups in total. The lowest BCUT2D eigenvalue weighted by atomic mass is 10.2. The highest BCUT2D eigenvalue weighted by Crippen LogP contribution is 2.26. The summed E-state index contributed by atoms with van der Waals surface area (Å²) in [7, 11) is 0.417. The molecule has 1 fully saturated rings. The molecule has 0 spiro atoms. The molecule has 2 rings (SSSR count). The summed E-state index contributed by atoms with van der Waals surface area (Å²) >= 11 is 0. The van der Waals surface area contributed by atoms with Gasteiger partial charge in [0.05, 0.1) is 31.8 Å². The average molecular weight is 329 g/mol. The fourth-order valence-electron chi connectivity index (χ4n) is 2.29. The van der Waals surface area contributed by atoms with E-state index in [0.29, 0.717) is 19.6 Å². The summed E-state index contributed by atoms with van der Waals surface area (Å²) in [5, 5.41) is 0. The Hall–Kier alpha value is -1.64. The van der Waals surface area contributed by atoms with Crippen molar-refractivity contribution in [1.82, 2.24) is 4.31 Å². The van der Waals surface area contributed by atoms with Crippen LogP contribution >= 0.6 is 0 Å². The molecule has 1 saturated heterocycles. The number of sulfonamides is 1. The Morgan fingerprint density at radius 1 is 1.36 bits per heavy atom. The molecule has 0 aliphatic carbocycles. The lowest BCUT2D eigenvalue weighted by Crippen LogP contribution is -2.37. The molecule has 1 aromatic rings. The molecule has 0 amide bonds. The normalized spacial score (nSPS) is 18.5. The molecule has 22 heavy (non-hydrogen) atoms. The van der Waals surface area contributed by atoms with Crippen molar-refractivity contribution in [2.75, 3.05) is 34.5 Å². The van der Waals surface area contributed by atoms with E-state index in [1.165, 1.54) is 43.8 Å². The molecule has 1 aromatic carbocycles. The SMILES string of the molecule is COC(=O)c1cc(S(=O)(=O)N(C)[C@H]2CCOC2)ccc1OC. The third-order valence-electron chi connectivity index (χ3n) is 3.67. The molecule has 1 atom stereocenters. The molecule has 0 bridgehead atoms. The van der Waals surface area contributed by atoms with Gasteiger partial charge in [0.1, 0.15) is 11.3 Å². The zero-order chi connectivity index (χ0) is 16.3. The second-order valence-electron chi connectivity index (χ2n) is 4.89. The average Bonchev–Trinajstić information content (AvgIpc) is 3.06. The van der Waals surface area contributed by atoms with E-state index in [1.807, 2.05) is 0 Å². The summed E-state index contributed by atoms with van der Waals surface area (Å²) < 4.78 is 41.6. The minimum Gasteiger partial charge on any atom is -0.496 e. The van der Waals surface area contributed by atoms with Crippen molar-refractivity contribution in [3.8, 4) is 5.75 Å². The Morgan fingerprint density at radius 2 is 2.09 bits per heavy atom. The van der Waals surface area contributed by atoms with Gasteiger partial charge in [-0.05, 0) is 24.6 Å². The van der Waals surface area contributed by atoms with Crippen LogP contribution in [0.2, 0.25) is 0 Å². The molecule has 1 aliphatic heterocycles. The maximum absolute atomic E-state index is 12.7. The lowest BCUT2D eigenvalue weighted by molar-refractivity contribution is 0.0596. The summed E-state index contributed by atoms with van der Waals surface area (Å²) in [6.07, 6.45) is 0.649. The Balaban J connectivity index is 2.40. The molecule has 1 heterocycles. The zero-order valence-electron chi connectivity index (χ0n) is 12.7. The Labute approximate surface area is 129 Å². The molecule has 7 nitrogen and oxygen atoms in total. The molecule has 0 aromatic heterocycles. The highest BCUT2D eigenvalue weighted by Gasteiger charge is 2.31. The highest BCUT2D eigenvalue weighted by molar-refractivity contribution is 7.89. The number of methoxy groups -OCH3 is 2. The summed E-state index contributed by atoms with van der Waals surface area (Å²) in [5.74, 6) is -0.390. The number of rotatable bonds is 5. The minimum absolute atomic E-state index is 0.0168. The van der Waals surface area contributed by atoms with Crippen LogP contribution < -0.4 is 4.74 Å². The van der Waals surface area contributed by atoms with Crippen LogP contribution in [-0.2, 0) is 19.5 Å². The Morgan fingerprint density at radius 3 is 2.64 bits per heavy atom. The Bertz CT molecular complexity index is 651. The number of carbonyl (C=O) groups excluding carboxylic acids is 1. The van der Waals surface area contributed by atoms with Crippen LogP contribution in [0.3, 0.4) is 0 Å². The number of hydrogen-bond acceptors (Lipinski definition) is 6. The first-order valence-electron chi connectivity index (χ1n) is 6.74. The van der Waals surface area contributed by atoms with Crippen molar-refractivity contribution in [2.45, 2.75) is 17.4 Å². The predicted molar refractivity (Wildman–Crippen MR) is 78.5 cm³/mol. The molecule has 0 unspecified atom stereocenters. The maximum atomic E-state index is 12.7. The molecule has 0 radical (unpaired) electrons. The van der Waals surface area contributed by atoms with E-state index in [9.17, 15) is 13.2 Å². The van der Waals surface area contributed by atoms with Gasteiger partial charge in [0, 0.05) is 13.7 Å². The van der Waals surface area contributed by atoms with Crippen molar-refractivity contribution in [2.24, 2.45) is 0 Å². The first kappa shape index (κ1) is 16.7. The van der Waals surface area contributed by atoms with Crippen LogP contribution in [0.1, 0.15) is 16.8 Å². The van der Waals surface area contributed by atoms with E-state index in [1.54, 1.807) is 0 Å². The second-order valence-corrected chi connectivity index (χ2v) is 6.89. The van der Waals surface area contributed by atoms with Gasteiger partial charge in [0.15, 0.2) is 0 Å². The van der Waals surface area contributed by atoms with Gasteiger partial charge < -0.3 is 14.2 Å². The Kier molecular flexibility index (Phi) is 5.05. The maximum Gasteiger partial charge on any atom is 0.341 e. The van der Waals surface area contributed by atoms with Crippen LogP contribution in [0.4, 0.5) is 0 Å². The van der Waals surface area contributed by atoms with Crippen LogP contribution in [0.15, 0.2) is 23.1 Å². The molecule has 1 aliphatic rings. The van der Waals surface area contributed by atoms with Gasteiger partial charge in [-0.25, -0.2) is 13.2 Å². The molecular weight excluding hydrogens is 310 g/mol. The molecular formula is C14H19NO6S. The quantitative estimate of drug-likeness (QED) is 0.746. The second kappa shape index (κ2) is 6.64. The van der Waals surface area contributed by atoms with E-state index in [-0.39, 0.29) is 22.3 Å². The fraction of sp³-hybridized carbons (Fsp3) is 0.500. The molecule has 0 saturated carbocycles. The highest BCUT2D eigenvalue weighted by atomic mass is 32.2. The van der Waals surface area contributed by atoms with E-state index >= 15 is 0 Å². The van der Waals surface area contributed by atoms with Crippen molar-refractivity contribution < 1.29 is 27.4 Å². The van der Waals surface area contributed by atoms with Gasteiger partial charge in [0.2, 0.25) is 10.0 Å². The van der Waals surface area contributed by atoms with Crippen molar-refractivity contribution in [3.05, 3.63) is 23.8 Å². The number of hydrogen-bond donors (Lipinski definition) is 0. The van der Waals surface area contributed by atoms with Crippen LogP contribution in [0.25, 0.3) is 0 Å². The van der Waals surface area contributed by atoms with Crippen molar-refractivity contribution in [1.29, 1.82) is 0 Å². The molecule has 8 heteroatoms. The number of carbonyl (C=O) groups is 1. The van der Waals surface area contributed by atoms with Gasteiger partial charge in [0.25, 0.3) is 0 Å². The van der Waals surface area contributed by atoms with Gasteiger partial charge in [-0.2, -0.15) is 4.31 Å². The van der Waals surface area contributed by atoms with E-state index < -0.39 is 16.0 Å². The standard InChI is InChI=1S/C14H19NO6S/c1-15(10-6-7-21-9-10)22(17,18)11-4-5-13(19-2)12(8-11)14(16)20-3/h4-5,8,10H,6-7,9H2,1-3H3/t10-/m0/s1. The molecule has 122 valence electrons. The summed E-state index contributed by atoms with van der Waals surface area (Å²) in [6.45, 7) is 0.913. The summed E-state index contributed by atoms with van der Waals surface area (Å²) in [4.78, 5) is 11.8. The first-order valence-corrected chi connectivity index (χ1v) is 8.18. The van der Waals surface area contributed by atoms with Gasteiger partial charge in [-0.1, -0.05) is 0 Å². The van der Waals surface area contributed by atoms with E-state index in [2.05, 4.69) is 4.74 Å². The number of ether oxygens (including phenoxy) is 3. The zero-order valence-corrected chi connectivity index (χ0v) is 13.6. The van der Waals surface area contributed by atoms with E-state index in [0.717, 1.165) is 0 Å². The monoisotopic (exact) mass is 329 g/mol. The van der Waals surface area contributed by atoms with Gasteiger partial charge in [-0.15, -0.1) is 0 Å². The van der Waals surface area contributed by atoms with Crippen molar-refractivity contribution >= 4 is 16.0 Å². The number of nitrogens with zero attached hydrogens (tertiary/aromatic N) is 1. The number of benzene rings is 1. The number of likely N-dealkylation sites (N-methyl/N-ethyl adjacent to an activating group) is 1. The van der Waals surface area contributed by atoms with Crippen LogP contribution in [-0.4, -0.2) is 59.2 Å². The number of esters is 1. The topological polar surface area (TPSA) is 82.1 Å². The predicted octanol–water partition coefficient (Wildman–Crippen LogP) is 0.891. The van der Waals surface area contributed by atoms with Crippen molar-refractivity contribution in [3.63, 3.8) is 0 Å². The van der Waals surface area contributed by atoms with E-state index in [4.69, 9.17) is 9.47 Å². The summed E-state index contributed by atoms with van der Waals surface area (Å²) in [5.41, 5.74) is 0.0714.